The molecule has 232 valence electrons. The summed E-state index contributed by atoms with van der Waals surface area (Å²) in [6.07, 6.45) is 8.63. The summed E-state index contributed by atoms with van der Waals surface area (Å²) in [5, 5.41) is 11.7. The lowest BCUT2D eigenvalue weighted by molar-refractivity contribution is -0.117. The molecule has 1 atom stereocenters. The molecule has 2 aliphatic heterocycles. The number of benzene rings is 1. The zero-order chi connectivity index (χ0) is 30.9. The van der Waals surface area contributed by atoms with Gasteiger partial charge in [0.05, 0.1) is 23.4 Å². The molecule has 2 saturated heterocycles. The van der Waals surface area contributed by atoms with Gasteiger partial charge in [-0.15, -0.1) is 0 Å². The van der Waals surface area contributed by atoms with E-state index < -0.39 is 0 Å². The van der Waals surface area contributed by atoms with Crippen LogP contribution in [-0.2, 0) is 11.8 Å². The van der Waals surface area contributed by atoms with E-state index in [0.29, 0.717) is 24.2 Å². The molecule has 3 N–H and O–H groups in total. The molecule has 7 rings (SSSR count). The van der Waals surface area contributed by atoms with Gasteiger partial charge in [-0.25, -0.2) is 15.0 Å². The van der Waals surface area contributed by atoms with Crippen LogP contribution in [-0.4, -0.2) is 84.3 Å². The number of fused-ring (bicyclic) bond motifs is 1. The van der Waals surface area contributed by atoms with Crippen LogP contribution in [0.25, 0.3) is 22.2 Å². The van der Waals surface area contributed by atoms with Crippen LogP contribution in [0.3, 0.4) is 0 Å². The Balaban J connectivity index is 1.000. The van der Waals surface area contributed by atoms with Crippen LogP contribution in [0.15, 0.2) is 48.9 Å². The Morgan fingerprint density at radius 3 is 2.80 bits per heavy atom. The van der Waals surface area contributed by atoms with Gasteiger partial charge in [0.15, 0.2) is 5.82 Å². The van der Waals surface area contributed by atoms with Crippen molar-refractivity contribution in [2.24, 2.45) is 7.05 Å². The van der Waals surface area contributed by atoms with E-state index >= 15 is 0 Å². The zero-order valence-corrected chi connectivity index (χ0v) is 25.7. The van der Waals surface area contributed by atoms with Gasteiger partial charge in [0.25, 0.3) is 0 Å². The van der Waals surface area contributed by atoms with Gasteiger partial charge >= 0.3 is 0 Å². The van der Waals surface area contributed by atoms with Crippen molar-refractivity contribution in [3.8, 4) is 17.1 Å². The summed E-state index contributed by atoms with van der Waals surface area (Å²) in [6.45, 7) is 7.66. The minimum Gasteiger partial charge on any atom is -0.473 e. The maximum atomic E-state index is 13.2. The molecule has 4 aromatic heterocycles. The van der Waals surface area contributed by atoms with Gasteiger partial charge in [-0.1, -0.05) is 12.1 Å². The van der Waals surface area contributed by atoms with Gasteiger partial charge in [0, 0.05) is 80.6 Å². The van der Waals surface area contributed by atoms with Crippen molar-refractivity contribution in [2.45, 2.75) is 39.2 Å². The molecule has 2 aliphatic rings. The lowest BCUT2D eigenvalue weighted by Crippen LogP contribution is -2.33. The highest BCUT2D eigenvalue weighted by Crippen LogP contribution is 2.33. The lowest BCUT2D eigenvalue weighted by Gasteiger charge is -2.18. The van der Waals surface area contributed by atoms with Crippen LogP contribution < -0.4 is 20.3 Å². The monoisotopic (exact) mass is 607 g/mol. The number of hydrogen-bond donors (Lipinski definition) is 3. The molecule has 0 radical (unpaired) electrons. The molecule has 45 heavy (non-hydrogen) atoms. The molecule has 13 heteroatoms. The number of aromatic nitrogens is 7. The Labute approximate surface area is 261 Å². The van der Waals surface area contributed by atoms with Crippen molar-refractivity contribution in [3.05, 3.63) is 60.2 Å². The molecule has 5 aromatic rings. The minimum atomic E-state index is -0.0759. The van der Waals surface area contributed by atoms with E-state index in [1.54, 1.807) is 17.1 Å². The number of para-hydroxylation sites is 1. The fourth-order valence-corrected chi connectivity index (χ4v) is 6.03. The number of ether oxygens (including phenoxy) is 1. The largest absolute Gasteiger partial charge is 0.473 e. The number of aromatic amines is 1. The molecule has 0 spiro atoms. The number of nitrogens with zero attached hydrogens (tertiary/aromatic N) is 8. The van der Waals surface area contributed by atoms with Crippen LogP contribution in [0.2, 0.25) is 0 Å². The molecule has 6 heterocycles. The summed E-state index contributed by atoms with van der Waals surface area (Å²) < 4.78 is 7.99. The average molecular weight is 608 g/mol. The van der Waals surface area contributed by atoms with Gasteiger partial charge in [0.1, 0.15) is 6.10 Å². The number of H-pyrrole nitrogens is 1. The molecule has 13 nitrogen and oxygen atoms in total. The first-order valence-corrected chi connectivity index (χ1v) is 15.4. The molecular weight excluding hydrogens is 570 g/mol. The van der Waals surface area contributed by atoms with Gasteiger partial charge in [-0.3, -0.25) is 14.4 Å². The number of amides is 1. The van der Waals surface area contributed by atoms with Crippen LogP contribution in [0.5, 0.6) is 5.88 Å². The third-order valence-electron chi connectivity index (χ3n) is 8.46. The van der Waals surface area contributed by atoms with Gasteiger partial charge in [0.2, 0.25) is 23.7 Å². The van der Waals surface area contributed by atoms with E-state index in [1.807, 2.05) is 57.4 Å². The van der Waals surface area contributed by atoms with E-state index in [1.165, 1.54) is 12.8 Å². The van der Waals surface area contributed by atoms with Crippen molar-refractivity contribution in [1.82, 2.24) is 39.6 Å². The Bertz CT molecular complexity index is 1820. The summed E-state index contributed by atoms with van der Waals surface area (Å²) in [4.78, 5) is 39.1. The Kier molecular flexibility index (Phi) is 7.76. The fraction of sp³-hybridized carbons (Fsp3) is 0.375. The smallest absolute Gasteiger partial charge is 0.238 e. The highest BCUT2D eigenvalue weighted by Gasteiger charge is 2.27. The topological polar surface area (TPSA) is 142 Å². The summed E-state index contributed by atoms with van der Waals surface area (Å²) in [5.41, 5.74) is 5.26. The highest BCUT2D eigenvalue weighted by atomic mass is 16.5. The minimum absolute atomic E-state index is 0.0225. The Morgan fingerprint density at radius 1 is 1.11 bits per heavy atom. The van der Waals surface area contributed by atoms with Crippen molar-refractivity contribution in [2.75, 3.05) is 48.3 Å². The first kappa shape index (κ1) is 28.7. The van der Waals surface area contributed by atoms with E-state index in [-0.39, 0.29) is 18.6 Å². The lowest BCUT2D eigenvalue weighted by atomic mass is 10.1. The predicted octanol–water partition coefficient (Wildman–Crippen LogP) is 4.20. The summed E-state index contributed by atoms with van der Waals surface area (Å²) in [5.74, 6) is 2.39. The summed E-state index contributed by atoms with van der Waals surface area (Å²) in [6, 6.07) is 9.63. The number of nitrogens with one attached hydrogen (secondary N) is 3. The van der Waals surface area contributed by atoms with Gasteiger partial charge < -0.3 is 25.3 Å². The van der Waals surface area contributed by atoms with E-state index in [4.69, 9.17) is 9.72 Å². The second-order valence-electron chi connectivity index (χ2n) is 11.8. The number of carbonyl (C=O) groups excluding carboxylic acids is 1. The molecule has 1 unspecified atom stereocenters. The average Bonchev–Trinajstić information content (AvgIpc) is 3.84. The predicted molar refractivity (Wildman–Crippen MR) is 173 cm³/mol. The van der Waals surface area contributed by atoms with Crippen LogP contribution >= 0.6 is 0 Å². The third-order valence-corrected chi connectivity index (χ3v) is 8.46. The fourth-order valence-electron chi connectivity index (χ4n) is 6.03. The second-order valence-corrected chi connectivity index (χ2v) is 11.8. The summed E-state index contributed by atoms with van der Waals surface area (Å²) in [7, 11) is 1.90. The van der Waals surface area contributed by atoms with Crippen LogP contribution in [0.4, 0.5) is 23.4 Å². The molecule has 1 aromatic carbocycles. The molecule has 0 bridgehead atoms. The van der Waals surface area contributed by atoms with Crippen LogP contribution in [0.1, 0.15) is 30.5 Å². The normalized spacial score (nSPS) is 16.9. The van der Waals surface area contributed by atoms with E-state index in [0.717, 1.165) is 71.1 Å². The van der Waals surface area contributed by atoms with Crippen molar-refractivity contribution in [3.63, 3.8) is 0 Å². The number of hydrogen-bond acceptors (Lipinski definition) is 10. The first-order valence-electron chi connectivity index (χ1n) is 15.4. The van der Waals surface area contributed by atoms with Crippen molar-refractivity contribution in [1.29, 1.82) is 0 Å². The third kappa shape index (κ3) is 6.16. The molecule has 0 saturated carbocycles. The number of anilines is 4. The standard InChI is InChI=1S/C32H37N11O2/c1-20-16-35-31(37-26-15-21(2)41(3)40-26)39-29(20)24-17-34-30-23(24)7-6-8-25(30)36-27(44)19-42-14-10-22(18-42)45-28-9-11-33-32(38-28)43-12-4-5-13-43/h6-9,11,15-17,22,34H,4-5,10,12-14,18-19H2,1-3H3,(H,36,44)(H,35,37,39,40). The van der Waals surface area contributed by atoms with E-state index in [2.05, 4.69) is 45.5 Å². The molecular formula is C32H37N11O2. The van der Waals surface area contributed by atoms with E-state index in [9.17, 15) is 4.79 Å². The molecule has 1 amide bonds. The highest BCUT2D eigenvalue weighted by molar-refractivity contribution is 6.06. The summed E-state index contributed by atoms with van der Waals surface area (Å²) >= 11 is 0. The zero-order valence-electron chi connectivity index (χ0n) is 25.7. The SMILES string of the molecule is Cc1cnc(Nc2cc(C)n(C)n2)nc1-c1c[nH]c2c(NC(=O)CN3CCC(Oc4ccnc(N5CCCC5)n4)C3)cccc12. The quantitative estimate of drug-likeness (QED) is 0.223. The maximum absolute atomic E-state index is 13.2. The number of rotatable bonds is 9. The Morgan fingerprint density at radius 2 is 1.98 bits per heavy atom. The maximum Gasteiger partial charge on any atom is 0.238 e. The van der Waals surface area contributed by atoms with Crippen molar-refractivity contribution >= 4 is 40.2 Å². The first-order chi connectivity index (χ1) is 21.9. The number of likely N-dealkylation sites (tertiary alicyclic amines) is 1. The van der Waals surface area contributed by atoms with Gasteiger partial charge in [-0.2, -0.15) is 10.1 Å². The van der Waals surface area contributed by atoms with Crippen molar-refractivity contribution < 1.29 is 9.53 Å². The number of carbonyl (C=O) groups is 1. The Hall–Kier alpha value is -5.04. The molecule has 0 aliphatic carbocycles. The number of aryl methyl sites for hydroxylation is 3. The second kappa shape index (κ2) is 12.2. The van der Waals surface area contributed by atoms with Gasteiger partial charge in [-0.05, 0) is 44.7 Å². The molecule has 2 fully saturated rings. The van der Waals surface area contributed by atoms with Crippen LogP contribution in [0, 0.1) is 13.8 Å².